The molecule has 1 heterocycles. The minimum atomic E-state index is -0.428. The van der Waals surface area contributed by atoms with Crippen LogP contribution in [0, 0.1) is 17.8 Å². The van der Waals surface area contributed by atoms with Crippen LogP contribution in [0.3, 0.4) is 0 Å². The minimum Gasteiger partial charge on any atom is -0.388 e. The quantitative estimate of drug-likeness (QED) is 0.875. The van der Waals surface area contributed by atoms with Crippen LogP contribution in [0.25, 0.3) is 10.9 Å². The van der Waals surface area contributed by atoms with Crippen molar-refractivity contribution in [2.45, 2.75) is 44.6 Å². The maximum absolute atomic E-state index is 11.1. The van der Waals surface area contributed by atoms with Crippen molar-refractivity contribution >= 4 is 22.5 Å². The highest BCUT2D eigenvalue weighted by Crippen LogP contribution is 2.50. The molecule has 21 heavy (non-hydrogen) atoms. The van der Waals surface area contributed by atoms with E-state index in [0.717, 1.165) is 16.5 Å². The molecule has 0 aliphatic heterocycles. The van der Waals surface area contributed by atoms with Crippen molar-refractivity contribution in [3.63, 3.8) is 0 Å². The average molecular weight is 305 g/mol. The number of aromatic nitrogens is 2. The molecule has 3 nitrogen and oxygen atoms in total. The lowest BCUT2D eigenvalue weighted by Gasteiger charge is -2.45. The molecule has 2 saturated carbocycles. The Hall–Kier alpha value is -1.06. The third kappa shape index (κ3) is 2.27. The predicted molar refractivity (Wildman–Crippen MR) is 84.2 cm³/mol. The van der Waals surface area contributed by atoms with Gasteiger partial charge in [0.15, 0.2) is 0 Å². The largest absolute Gasteiger partial charge is 0.388 e. The fourth-order valence-corrected chi connectivity index (χ4v) is 4.27. The molecule has 1 aromatic carbocycles. The van der Waals surface area contributed by atoms with Gasteiger partial charge in [-0.2, -0.15) is 5.10 Å². The van der Waals surface area contributed by atoms with Gasteiger partial charge in [0.2, 0.25) is 0 Å². The topological polar surface area (TPSA) is 48.9 Å². The van der Waals surface area contributed by atoms with E-state index in [2.05, 4.69) is 10.2 Å². The van der Waals surface area contributed by atoms with Crippen molar-refractivity contribution < 1.29 is 5.11 Å². The van der Waals surface area contributed by atoms with E-state index in [1.165, 1.54) is 38.5 Å². The Morgan fingerprint density at radius 3 is 2.38 bits per heavy atom. The Bertz CT molecular complexity index is 631. The zero-order chi connectivity index (χ0) is 14.4. The molecule has 2 aromatic rings. The number of benzene rings is 1. The molecule has 0 amide bonds. The van der Waals surface area contributed by atoms with Crippen LogP contribution >= 0.6 is 11.6 Å². The van der Waals surface area contributed by atoms with Crippen molar-refractivity contribution in [2.24, 2.45) is 17.8 Å². The SMILES string of the molecule is OC(c1cc(Cl)cc2cn[nH]c12)C(C1CCC1)C1CCC1. The number of aliphatic hydroxyl groups excluding tert-OH is 1. The van der Waals surface area contributed by atoms with Crippen LogP contribution in [0.4, 0.5) is 0 Å². The lowest BCUT2D eigenvalue weighted by atomic mass is 9.62. The number of nitrogens with one attached hydrogen (secondary N) is 1. The average Bonchev–Trinajstić information content (AvgIpc) is 2.79. The summed E-state index contributed by atoms with van der Waals surface area (Å²) >= 11 is 6.23. The van der Waals surface area contributed by atoms with Gasteiger partial charge in [0.1, 0.15) is 0 Å². The molecule has 2 fully saturated rings. The first-order valence-electron chi connectivity index (χ1n) is 8.04. The Balaban J connectivity index is 1.72. The molecule has 0 saturated heterocycles. The zero-order valence-electron chi connectivity index (χ0n) is 12.1. The molecule has 0 spiro atoms. The Kier molecular flexibility index (Phi) is 3.43. The minimum absolute atomic E-state index is 0.387. The van der Waals surface area contributed by atoms with E-state index in [1.807, 2.05) is 12.1 Å². The van der Waals surface area contributed by atoms with Crippen LogP contribution in [0.1, 0.15) is 50.2 Å². The summed E-state index contributed by atoms with van der Waals surface area (Å²) in [7, 11) is 0. The molecule has 2 aliphatic rings. The number of aliphatic hydroxyl groups is 1. The van der Waals surface area contributed by atoms with Gasteiger partial charge in [-0.05, 0) is 29.9 Å². The van der Waals surface area contributed by atoms with Crippen molar-refractivity contribution in [1.82, 2.24) is 10.2 Å². The Labute approximate surface area is 129 Å². The first-order valence-corrected chi connectivity index (χ1v) is 8.42. The first-order chi connectivity index (χ1) is 10.2. The molecule has 0 bridgehead atoms. The third-order valence-electron chi connectivity index (χ3n) is 5.62. The van der Waals surface area contributed by atoms with Crippen LogP contribution < -0.4 is 0 Å². The van der Waals surface area contributed by atoms with Crippen molar-refractivity contribution in [3.8, 4) is 0 Å². The smallest absolute Gasteiger partial charge is 0.0844 e. The molecule has 1 aromatic heterocycles. The second kappa shape index (κ2) is 5.29. The highest BCUT2D eigenvalue weighted by Gasteiger charge is 2.41. The number of aromatic amines is 1. The van der Waals surface area contributed by atoms with Gasteiger partial charge in [0.25, 0.3) is 0 Å². The summed E-state index contributed by atoms with van der Waals surface area (Å²) in [6.07, 6.45) is 9.05. The summed E-state index contributed by atoms with van der Waals surface area (Å²) in [4.78, 5) is 0. The van der Waals surface area contributed by atoms with Gasteiger partial charge in [-0.25, -0.2) is 0 Å². The van der Waals surface area contributed by atoms with Gasteiger partial charge >= 0.3 is 0 Å². The summed E-state index contributed by atoms with van der Waals surface area (Å²) in [5.41, 5.74) is 1.87. The number of hydrogen-bond donors (Lipinski definition) is 2. The zero-order valence-corrected chi connectivity index (χ0v) is 12.8. The summed E-state index contributed by atoms with van der Waals surface area (Å²) in [5.74, 6) is 1.75. The van der Waals surface area contributed by atoms with Gasteiger partial charge in [0, 0.05) is 16.0 Å². The first kappa shape index (κ1) is 13.6. The molecular weight excluding hydrogens is 284 g/mol. The predicted octanol–water partition coefficient (Wildman–Crippen LogP) is 4.47. The van der Waals surface area contributed by atoms with Crippen LogP contribution in [-0.2, 0) is 0 Å². The normalized spacial score (nSPS) is 21.5. The van der Waals surface area contributed by atoms with Crippen molar-refractivity contribution in [1.29, 1.82) is 0 Å². The molecule has 1 unspecified atom stereocenters. The van der Waals surface area contributed by atoms with Crippen LogP contribution in [0.2, 0.25) is 5.02 Å². The summed E-state index contributed by atoms with van der Waals surface area (Å²) in [5, 5.41) is 19.9. The Morgan fingerprint density at radius 1 is 1.14 bits per heavy atom. The number of nitrogens with zero attached hydrogens (tertiary/aromatic N) is 1. The molecule has 2 aliphatic carbocycles. The maximum atomic E-state index is 11.1. The van der Waals surface area contributed by atoms with Gasteiger partial charge < -0.3 is 5.11 Å². The fourth-order valence-electron chi connectivity index (χ4n) is 4.04. The van der Waals surface area contributed by atoms with E-state index >= 15 is 0 Å². The number of H-pyrrole nitrogens is 1. The van der Waals surface area contributed by atoms with E-state index in [-0.39, 0.29) is 0 Å². The lowest BCUT2D eigenvalue weighted by molar-refractivity contribution is -0.0185. The summed E-state index contributed by atoms with van der Waals surface area (Å²) < 4.78 is 0. The number of fused-ring (bicyclic) bond motifs is 1. The molecular formula is C17H21ClN2O. The second-order valence-corrected chi connectivity index (χ2v) is 7.17. The summed E-state index contributed by atoms with van der Waals surface area (Å²) in [6.45, 7) is 0. The second-order valence-electron chi connectivity index (χ2n) is 6.73. The standard InChI is InChI=1S/C17H21ClN2O/c18-13-7-12-9-19-20-16(12)14(8-13)17(21)15(10-3-1-4-10)11-5-2-6-11/h7-11,15,17,21H,1-6H2,(H,19,20). The highest BCUT2D eigenvalue weighted by molar-refractivity contribution is 6.31. The van der Waals surface area contributed by atoms with Gasteiger partial charge in [-0.15, -0.1) is 0 Å². The fraction of sp³-hybridized carbons (Fsp3) is 0.588. The van der Waals surface area contributed by atoms with E-state index in [1.54, 1.807) is 6.20 Å². The van der Waals surface area contributed by atoms with E-state index in [4.69, 9.17) is 11.6 Å². The van der Waals surface area contributed by atoms with Crippen LogP contribution in [0.15, 0.2) is 18.3 Å². The van der Waals surface area contributed by atoms with E-state index in [0.29, 0.717) is 22.8 Å². The van der Waals surface area contributed by atoms with Crippen LogP contribution in [0.5, 0.6) is 0 Å². The number of rotatable bonds is 4. The lowest BCUT2D eigenvalue weighted by Crippen LogP contribution is -2.36. The molecule has 4 heteroatoms. The Morgan fingerprint density at radius 2 is 1.81 bits per heavy atom. The van der Waals surface area contributed by atoms with Gasteiger partial charge in [-0.1, -0.05) is 50.1 Å². The molecule has 2 N–H and O–H groups in total. The molecule has 1 atom stereocenters. The van der Waals surface area contributed by atoms with E-state index < -0.39 is 6.10 Å². The third-order valence-corrected chi connectivity index (χ3v) is 5.83. The maximum Gasteiger partial charge on any atom is 0.0844 e. The van der Waals surface area contributed by atoms with E-state index in [9.17, 15) is 5.11 Å². The molecule has 112 valence electrons. The summed E-state index contributed by atoms with van der Waals surface area (Å²) in [6, 6.07) is 3.81. The highest BCUT2D eigenvalue weighted by atomic mass is 35.5. The van der Waals surface area contributed by atoms with Gasteiger partial charge in [-0.3, -0.25) is 5.10 Å². The molecule has 0 radical (unpaired) electrons. The van der Waals surface area contributed by atoms with Crippen molar-refractivity contribution in [3.05, 3.63) is 28.9 Å². The van der Waals surface area contributed by atoms with Crippen LogP contribution in [-0.4, -0.2) is 15.3 Å². The number of halogens is 1. The van der Waals surface area contributed by atoms with Gasteiger partial charge in [0.05, 0.1) is 17.8 Å². The van der Waals surface area contributed by atoms with Crippen molar-refractivity contribution in [2.75, 3.05) is 0 Å². The monoisotopic (exact) mass is 304 g/mol. The number of hydrogen-bond acceptors (Lipinski definition) is 2. The molecule has 4 rings (SSSR count).